The summed E-state index contributed by atoms with van der Waals surface area (Å²) < 4.78 is 35.7. The molecular formula is C13H16O6S. The molecule has 6 nitrogen and oxygen atoms in total. The molecule has 0 aliphatic carbocycles. The average molecular weight is 300 g/mol. The van der Waals surface area contributed by atoms with E-state index in [1.54, 1.807) is 12.1 Å². The largest absolute Gasteiger partial charge is 0.388 e. The van der Waals surface area contributed by atoms with E-state index >= 15 is 0 Å². The minimum absolute atomic E-state index is 0.0137. The van der Waals surface area contributed by atoms with E-state index in [9.17, 15) is 18.6 Å². The molecule has 0 saturated carbocycles. The van der Waals surface area contributed by atoms with Gasteiger partial charge in [0, 0.05) is 0 Å². The molecule has 2 N–H and O–H groups in total. The predicted molar refractivity (Wildman–Crippen MR) is 68.8 cm³/mol. The fourth-order valence-electron chi connectivity index (χ4n) is 2.63. The first-order chi connectivity index (χ1) is 9.36. The van der Waals surface area contributed by atoms with Crippen molar-refractivity contribution < 1.29 is 28.1 Å². The highest BCUT2D eigenvalue weighted by molar-refractivity contribution is 7.92. The monoisotopic (exact) mass is 300 g/mol. The van der Waals surface area contributed by atoms with Crippen molar-refractivity contribution in [3.05, 3.63) is 29.8 Å². The first-order valence-corrected chi connectivity index (χ1v) is 7.79. The Kier molecular flexibility index (Phi) is 3.15. The van der Waals surface area contributed by atoms with Gasteiger partial charge in [-0.1, -0.05) is 17.7 Å². The number of fused-ring (bicyclic) bond motifs is 1. The number of sulfone groups is 1. The number of hydrogen-bond donors (Lipinski definition) is 2. The molecule has 2 heterocycles. The molecule has 4 atom stereocenters. The minimum atomic E-state index is -4.04. The van der Waals surface area contributed by atoms with Gasteiger partial charge in [0.05, 0.1) is 18.1 Å². The molecule has 2 fully saturated rings. The number of benzene rings is 1. The summed E-state index contributed by atoms with van der Waals surface area (Å²) in [7, 11) is -4.04. The number of aliphatic hydroxyl groups excluding tert-OH is 1. The van der Waals surface area contributed by atoms with Gasteiger partial charge in [0.1, 0.15) is 18.3 Å². The summed E-state index contributed by atoms with van der Waals surface area (Å²) in [4.78, 5) is -2.15. The highest BCUT2D eigenvalue weighted by Crippen LogP contribution is 2.40. The second-order valence-corrected chi connectivity index (χ2v) is 7.44. The molecule has 0 bridgehead atoms. The fourth-order valence-corrected chi connectivity index (χ4v) is 4.26. The molecule has 1 aromatic rings. The van der Waals surface area contributed by atoms with Crippen molar-refractivity contribution in [2.75, 3.05) is 13.2 Å². The van der Waals surface area contributed by atoms with Crippen molar-refractivity contribution in [1.82, 2.24) is 0 Å². The Morgan fingerprint density at radius 3 is 2.55 bits per heavy atom. The Labute approximate surface area is 116 Å². The van der Waals surface area contributed by atoms with Gasteiger partial charge in [0.15, 0.2) is 0 Å². The Morgan fingerprint density at radius 2 is 1.90 bits per heavy atom. The van der Waals surface area contributed by atoms with Crippen LogP contribution in [0.3, 0.4) is 0 Å². The van der Waals surface area contributed by atoms with Gasteiger partial charge >= 0.3 is 0 Å². The van der Waals surface area contributed by atoms with Gasteiger partial charge < -0.3 is 19.7 Å². The number of ether oxygens (including phenoxy) is 2. The number of aliphatic hydroxyl groups is 2. The normalized spacial score (nSPS) is 37.0. The van der Waals surface area contributed by atoms with E-state index in [0.717, 1.165) is 5.56 Å². The quantitative estimate of drug-likeness (QED) is 0.773. The van der Waals surface area contributed by atoms with Crippen LogP contribution in [0.25, 0.3) is 0 Å². The van der Waals surface area contributed by atoms with Gasteiger partial charge in [0.25, 0.3) is 0 Å². The number of rotatable bonds is 2. The maximum absolute atomic E-state index is 12.6. The van der Waals surface area contributed by atoms with E-state index in [4.69, 9.17) is 9.47 Å². The summed E-state index contributed by atoms with van der Waals surface area (Å²) in [5.74, 6) is 0. The molecule has 1 aromatic carbocycles. The zero-order valence-corrected chi connectivity index (χ0v) is 11.7. The van der Waals surface area contributed by atoms with Crippen LogP contribution in [0.2, 0.25) is 0 Å². The van der Waals surface area contributed by atoms with Crippen molar-refractivity contribution in [2.24, 2.45) is 0 Å². The first-order valence-electron chi connectivity index (χ1n) is 6.31. The molecular weight excluding hydrogens is 284 g/mol. The van der Waals surface area contributed by atoms with Crippen LogP contribution in [0.15, 0.2) is 29.2 Å². The maximum Gasteiger partial charge on any atom is 0.222 e. The zero-order chi connectivity index (χ0) is 14.5. The Bertz CT molecular complexity index is 610. The van der Waals surface area contributed by atoms with Crippen LogP contribution < -0.4 is 0 Å². The number of hydrogen-bond acceptors (Lipinski definition) is 6. The maximum atomic E-state index is 12.6. The molecule has 0 unspecified atom stereocenters. The lowest BCUT2D eigenvalue weighted by Crippen LogP contribution is -2.50. The van der Waals surface area contributed by atoms with E-state index in [0.29, 0.717) is 0 Å². The zero-order valence-electron chi connectivity index (χ0n) is 10.9. The SMILES string of the molecule is Cc1ccc(S(=O)(=O)[C@]2(O)CO[C@@H]3[C@H](O)CO[C@@H]32)cc1. The van der Waals surface area contributed by atoms with Gasteiger partial charge in [-0.2, -0.15) is 0 Å². The van der Waals surface area contributed by atoms with Crippen LogP contribution in [-0.4, -0.2) is 55.1 Å². The van der Waals surface area contributed by atoms with Gasteiger partial charge in [-0.15, -0.1) is 0 Å². The second kappa shape index (κ2) is 4.51. The molecule has 0 amide bonds. The molecule has 0 radical (unpaired) electrons. The molecule has 2 aliphatic rings. The summed E-state index contributed by atoms with van der Waals surface area (Å²) in [6.07, 6.45) is -2.79. The number of aryl methyl sites for hydroxylation is 1. The van der Waals surface area contributed by atoms with Crippen LogP contribution in [0, 0.1) is 6.92 Å². The molecule has 2 saturated heterocycles. The predicted octanol–water partition coefficient (Wildman–Crippen LogP) is -0.384. The molecule has 3 rings (SSSR count). The standard InChI is InChI=1S/C13H16O6S/c1-8-2-4-9(5-3-8)20(16,17)13(15)7-19-11-10(14)6-18-12(11)13/h2-5,10-12,14-15H,6-7H2,1H3/t10-,11-,12+,13-/m1/s1. The highest BCUT2D eigenvalue weighted by Gasteiger charge is 2.62. The molecule has 2 aliphatic heterocycles. The van der Waals surface area contributed by atoms with Gasteiger partial charge in [0.2, 0.25) is 14.8 Å². The summed E-state index contributed by atoms with van der Waals surface area (Å²) in [5, 5.41) is 20.2. The Morgan fingerprint density at radius 1 is 1.25 bits per heavy atom. The highest BCUT2D eigenvalue weighted by atomic mass is 32.2. The van der Waals surface area contributed by atoms with Crippen LogP contribution in [0.1, 0.15) is 5.56 Å². The topological polar surface area (TPSA) is 93.1 Å². The van der Waals surface area contributed by atoms with E-state index in [1.807, 2.05) is 6.92 Å². The fraction of sp³-hybridized carbons (Fsp3) is 0.538. The van der Waals surface area contributed by atoms with Crippen molar-refractivity contribution in [3.8, 4) is 0 Å². The summed E-state index contributed by atoms with van der Waals surface area (Å²) >= 11 is 0. The third kappa shape index (κ3) is 1.82. The van der Waals surface area contributed by atoms with Gasteiger partial charge in [-0.3, -0.25) is 0 Å². The van der Waals surface area contributed by atoms with Crippen molar-refractivity contribution >= 4 is 9.84 Å². The summed E-state index contributed by atoms with van der Waals surface area (Å²) in [5.41, 5.74) is 0.920. The smallest absolute Gasteiger partial charge is 0.222 e. The van der Waals surface area contributed by atoms with Crippen LogP contribution in [0.4, 0.5) is 0 Å². The van der Waals surface area contributed by atoms with Crippen molar-refractivity contribution in [2.45, 2.75) is 35.1 Å². The van der Waals surface area contributed by atoms with E-state index in [-0.39, 0.29) is 11.5 Å². The van der Waals surface area contributed by atoms with Crippen LogP contribution >= 0.6 is 0 Å². The minimum Gasteiger partial charge on any atom is -0.388 e. The van der Waals surface area contributed by atoms with Crippen molar-refractivity contribution in [1.29, 1.82) is 0 Å². The summed E-state index contributed by atoms with van der Waals surface area (Å²) in [6.45, 7) is 1.40. The van der Waals surface area contributed by atoms with E-state index < -0.39 is 39.7 Å². The average Bonchev–Trinajstić information content (AvgIpc) is 2.94. The van der Waals surface area contributed by atoms with E-state index in [2.05, 4.69) is 0 Å². The summed E-state index contributed by atoms with van der Waals surface area (Å²) in [6, 6.07) is 6.21. The van der Waals surface area contributed by atoms with Gasteiger partial charge in [-0.25, -0.2) is 8.42 Å². The molecule has 0 spiro atoms. The molecule has 0 aromatic heterocycles. The lowest BCUT2D eigenvalue weighted by atomic mass is 10.1. The van der Waals surface area contributed by atoms with Crippen LogP contribution in [-0.2, 0) is 19.3 Å². The lowest BCUT2D eigenvalue weighted by molar-refractivity contribution is -0.0191. The van der Waals surface area contributed by atoms with Crippen LogP contribution in [0.5, 0.6) is 0 Å². The van der Waals surface area contributed by atoms with Gasteiger partial charge in [-0.05, 0) is 19.1 Å². The first kappa shape index (κ1) is 14.0. The molecule has 7 heteroatoms. The van der Waals surface area contributed by atoms with E-state index in [1.165, 1.54) is 12.1 Å². The second-order valence-electron chi connectivity index (χ2n) is 5.26. The molecule has 20 heavy (non-hydrogen) atoms. The van der Waals surface area contributed by atoms with Crippen molar-refractivity contribution in [3.63, 3.8) is 0 Å². The third-order valence-corrected chi connectivity index (χ3v) is 6.02. The molecule has 110 valence electrons. The Balaban J connectivity index is 2.01. The Hall–Kier alpha value is -0.990. The lowest BCUT2D eigenvalue weighted by Gasteiger charge is -2.26. The third-order valence-electron chi connectivity index (χ3n) is 3.85.